The number of likely N-dealkylation sites (tertiary alicyclic amines) is 1. The molecule has 0 radical (unpaired) electrons. The molecule has 0 saturated carbocycles. The van der Waals surface area contributed by atoms with Gasteiger partial charge in [0.05, 0.1) is 5.56 Å². The molecule has 2 amide bonds. The molecule has 4 nitrogen and oxygen atoms in total. The van der Waals surface area contributed by atoms with Crippen LogP contribution in [0.5, 0.6) is 0 Å². The zero-order valence-corrected chi connectivity index (χ0v) is 18.6. The van der Waals surface area contributed by atoms with Crippen LogP contribution in [0.1, 0.15) is 40.7 Å². The van der Waals surface area contributed by atoms with E-state index in [0.717, 1.165) is 16.8 Å². The molecule has 0 atom stereocenters. The van der Waals surface area contributed by atoms with Gasteiger partial charge in [0.15, 0.2) is 0 Å². The molecular formula is C27H25F3N2O2. The van der Waals surface area contributed by atoms with Crippen molar-refractivity contribution >= 4 is 28.3 Å². The fraction of sp³-hybridized carbons (Fsp3) is 0.333. The average molecular weight is 467 g/mol. The summed E-state index contributed by atoms with van der Waals surface area (Å²) in [5.74, 6) is -0.339. The normalized spacial score (nSPS) is 17.0. The molecule has 2 aliphatic rings. The number of carbonyl (C=O) groups is 2. The van der Waals surface area contributed by atoms with Gasteiger partial charge in [-0.3, -0.25) is 9.59 Å². The number of hydrogen-bond donors (Lipinski definition) is 0. The first-order chi connectivity index (χ1) is 16.3. The Morgan fingerprint density at radius 1 is 0.882 bits per heavy atom. The van der Waals surface area contributed by atoms with Gasteiger partial charge in [0.2, 0.25) is 5.91 Å². The minimum atomic E-state index is -4.40. The second kappa shape index (κ2) is 8.78. The number of amides is 2. The van der Waals surface area contributed by atoms with E-state index < -0.39 is 11.7 Å². The van der Waals surface area contributed by atoms with Gasteiger partial charge < -0.3 is 9.80 Å². The highest BCUT2D eigenvalue weighted by molar-refractivity contribution is 6.07. The maximum Gasteiger partial charge on any atom is 0.416 e. The van der Waals surface area contributed by atoms with Gasteiger partial charge in [-0.2, -0.15) is 13.2 Å². The number of halogens is 3. The molecule has 1 fully saturated rings. The van der Waals surface area contributed by atoms with Crippen LogP contribution in [0.25, 0.3) is 10.8 Å². The minimum absolute atomic E-state index is 0.0364. The summed E-state index contributed by atoms with van der Waals surface area (Å²) >= 11 is 0. The van der Waals surface area contributed by atoms with Crippen molar-refractivity contribution in [3.63, 3.8) is 0 Å². The SMILES string of the molecule is O=C(c1cccc2ccccc12)N1CCC(C(=O)N2CCCc3cc(C(F)(F)F)ccc32)CC1. The predicted octanol–water partition coefficient (Wildman–Crippen LogP) is 5.69. The van der Waals surface area contributed by atoms with E-state index in [9.17, 15) is 22.8 Å². The fourth-order valence-electron chi connectivity index (χ4n) is 5.13. The van der Waals surface area contributed by atoms with Gasteiger partial charge >= 0.3 is 6.18 Å². The summed E-state index contributed by atoms with van der Waals surface area (Å²) in [7, 11) is 0. The lowest BCUT2D eigenvalue weighted by atomic mass is 9.92. The van der Waals surface area contributed by atoms with E-state index in [1.807, 2.05) is 42.5 Å². The van der Waals surface area contributed by atoms with Crippen molar-refractivity contribution in [1.29, 1.82) is 0 Å². The molecule has 7 heteroatoms. The van der Waals surface area contributed by atoms with Crippen LogP contribution in [0.3, 0.4) is 0 Å². The number of hydrogen-bond acceptors (Lipinski definition) is 2. The molecule has 34 heavy (non-hydrogen) atoms. The standard InChI is InChI=1S/C27H25F3N2O2/c28-27(29,30)21-10-11-24-20(17-21)7-4-14-32(24)25(33)19-12-15-31(16-13-19)26(34)23-9-3-6-18-5-1-2-8-22(18)23/h1-3,5-6,8-11,17,19H,4,7,12-16H2. The van der Waals surface area contributed by atoms with Crippen molar-refractivity contribution in [2.45, 2.75) is 31.9 Å². The Labute approximate surface area is 196 Å². The lowest BCUT2D eigenvalue weighted by molar-refractivity contribution is -0.137. The van der Waals surface area contributed by atoms with Crippen LogP contribution in [-0.2, 0) is 17.4 Å². The third-order valence-corrected chi connectivity index (χ3v) is 6.94. The number of carbonyl (C=O) groups excluding carboxylic acids is 2. The highest BCUT2D eigenvalue weighted by atomic mass is 19.4. The Morgan fingerprint density at radius 2 is 1.62 bits per heavy atom. The summed E-state index contributed by atoms with van der Waals surface area (Å²) in [5.41, 5.74) is 1.13. The van der Waals surface area contributed by atoms with Crippen LogP contribution >= 0.6 is 0 Å². The summed E-state index contributed by atoms with van der Waals surface area (Å²) in [5, 5.41) is 1.92. The summed E-state index contributed by atoms with van der Waals surface area (Å²) < 4.78 is 39.3. The molecule has 0 bridgehead atoms. The van der Waals surface area contributed by atoms with E-state index in [2.05, 4.69) is 0 Å². The van der Waals surface area contributed by atoms with Gasteiger partial charge in [0, 0.05) is 36.8 Å². The third-order valence-electron chi connectivity index (χ3n) is 6.94. The summed E-state index contributed by atoms with van der Waals surface area (Å²) in [4.78, 5) is 30.0. The number of alkyl halides is 3. The van der Waals surface area contributed by atoms with Crippen molar-refractivity contribution in [1.82, 2.24) is 4.90 Å². The van der Waals surface area contributed by atoms with Crippen LogP contribution < -0.4 is 4.90 Å². The number of nitrogens with zero attached hydrogens (tertiary/aromatic N) is 2. The molecule has 2 heterocycles. The molecule has 2 aliphatic heterocycles. The molecule has 1 saturated heterocycles. The molecular weight excluding hydrogens is 441 g/mol. The number of benzene rings is 3. The second-order valence-corrected chi connectivity index (χ2v) is 9.03. The molecule has 0 spiro atoms. The average Bonchev–Trinajstić information content (AvgIpc) is 2.86. The third kappa shape index (κ3) is 4.15. The molecule has 0 N–H and O–H groups in total. The highest BCUT2D eigenvalue weighted by Gasteiger charge is 2.35. The number of fused-ring (bicyclic) bond motifs is 2. The highest BCUT2D eigenvalue weighted by Crippen LogP contribution is 2.36. The first-order valence-electron chi connectivity index (χ1n) is 11.6. The zero-order chi connectivity index (χ0) is 23.9. The maximum atomic E-state index is 13.3. The Bertz CT molecular complexity index is 1240. The van der Waals surface area contributed by atoms with Gasteiger partial charge in [0.1, 0.15) is 0 Å². The quantitative estimate of drug-likeness (QED) is 0.487. The van der Waals surface area contributed by atoms with Crippen molar-refractivity contribution in [2.75, 3.05) is 24.5 Å². The number of anilines is 1. The van der Waals surface area contributed by atoms with Crippen LogP contribution in [-0.4, -0.2) is 36.3 Å². The summed E-state index contributed by atoms with van der Waals surface area (Å²) in [6.07, 6.45) is -2.14. The Hall–Kier alpha value is -3.35. The lowest BCUT2D eigenvalue weighted by Gasteiger charge is -2.36. The van der Waals surface area contributed by atoms with Crippen LogP contribution in [0, 0.1) is 5.92 Å². The van der Waals surface area contributed by atoms with E-state index in [1.54, 1.807) is 9.80 Å². The van der Waals surface area contributed by atoms with Gasteiger partial charge in [-0.05, 0) is 66.3 Å². The van der Waals surface area contributed by atoms with E-state index in [4.69, 9.17) is 0 Å². The maximum absolute atomic E-state index is 13.3. The molecule has 0 aromatic heterocycles. The Balaban J connectivity index is 1.28. The second-order valence-electron chi connectivity index (χ2n) is 9.03. The predicted molar refractivity (Wildman–Crippen MR) is 125 cm³/mol. The van der Waals surface area contributed by atoms with Gasteiger partial charge in [-0.15, -0.1) is 0 Å². The van der Waals surface area contributed by atoms with E-state index >= 15 is 0 Å². The van der Waals surface area contributed by atoms with Crippen molar-refractivity contribution in [3.8, 4) is 0 Å². The van der Waals surface area contributed by atoms with Gasteiger partial charge in [0.25, 0.3) is 5.91 Å². The number of rotatable bonds is 2. The van der Waals surface area contributed by atoms with Crippen molar-refractivity contribution in [3.05, 3.63) is 77.4 Å². The van der Waals surface area contributed by atoms with Crippen molar-refractivity contribution in [2.24, 2.45) is 5.92 Å². The van der Waals surface area contributed by atoms with Crippen LogP contribution in [0.2, 0.25) is 0 Å². The molecule has 5 rings (SSSR count). The van der Waals surface area contributed by atoms with Crippen molar-refractivity contribution < 1.29 is 22.8 Å². The monoisotopic (exact) mass is 466 g/mol. The molecule has 176 valence electrons. The van der Waals surface area contributed by atoms with E-state index in [0.29, 0.717) is 62.1 Å². The summed E-state index contributed by atoms with van der Waals surface area (Å²) in [6.45, 7) is 1.46. The largest absolute Gasteiger partial charge is 0.416 e. The van der Waals surface area contributed by atoms with Gasteiger partial charge in [-0.25, -0.2) is 0 Å². The number of piperidine rings is 1. The Morgan fingerprint density at radius 3 is 2.38 bits per heavy atom. The van der Waals surface area contributed by atoms with E-state index in [1.165, 1.54) is 12.1 Å². The fourth-order valence-corrected chi connectivity index (χ4v) is 5.13. The molecule has 3 aromatic rings. The molecule has 3 aromatic carbocycles. The van der Waals surface area contributed by atoms with E-state index in [-0.39, 0.29) is 17.7 Å². The van der Waals surface area contributed by atoms with Gasteiger partial charge in [-0.1, -0.05) is 36.4 Å². The lowest BCUT2D eigenvalue weighted by Crippen LogP contribution is -2.45. The Kier molecular flexibility index (Phi) is 5.80. The first kappa shape index (κ1) is 22.4. The minimum Gasteiger partial charge on any atom is -0.339 e. The first-order valence-corrected chi connectivity index (χ1v) is 11.6. The smallest absolute Gasteiger partial charge is 0.339 e. The summed E-state index contributed by atoms with van der Waals surface area (Å²) in [6, 6.07) is 17.1. The van der Waals surface area contributed by atoms with Crippen LogP contribution in [0.4, 0.5) is 18.9 Å². The zero-order valence-electron chi connectivity index (χ0n) is 18.6. The van der Waals surface area contributed by atoms with Crippen LogP contribution in [0.15, 0.2) is 60.7 Å². The molecule has 0 unspecified atom stereocenters. The topological polar surface area (TPSA) is 40.6 Å². The molecule has 0 aliphatic carbocycles. The number of aryl methyl sites for hydroxylation is 1.